The van der Waals surface area contributed by atoms with Crippen molar-refractivity contribution in [1.82, 2.24) is 10.2 Å². The van der Waals surface area contributed by atoms with Gasteiger partial charge in [0.1, 0.15) is 0 Å². The molecular weight excluding hydrogens is 248 g/mol. The van der Waals surface area contributed by atoms with Gasteiger partial charge in [0.25, 0.3) is 0 Å². The molecule has 5 atom stereocenters. The standard InChI is InChI=1S/C17H34N2O/c1-6-15-11-20-13(4)10-19(15)17-9-14(12(2)3)7-8-16(17)18-5/h12-18H,6-11H2,1-5H3. The van der Waals surface area contributed by atoms with Crippen molar-refractivity contribution in [3.8, 4) is 0 Å². The maximum absolute atomic E-state index is 5.88. The second-order valence-corrected chi connectivity index (χ2v) is 7.18. The molecule has 3 nitrogen and oxygen atoms in total. The lowest BCUT2D eigenvalue weighted by molar-refractivity contribution is -0.0870. The highest BCUT2D eigenvalue weighted by molar-refractivity contribution is 4.95. The summed E-state index contributed by atoms with van der Waals surface area (Å²) in [6.07, 6.45) is 5.65. The first-order valence-electron chi connectivity index (χ1n) is 8.61. The Hall–Kier alpha value is -0.120. The third kappa shape index (κ3) is 3.55. The fraction of sp³-hybridized carbons (Fsp3) is 1.00. The molecule has 3 heteroatoms. The number of hydrogen-bond donors (Lipinski definition) is 1. The molecule has 2 aliphatic rings. The zero-order valence-electron chi connectivity index (χ0n) is 14.1. The van der Waals surface area contributed by atoms with E-state index in [1.807, 2.05) is 0 Å². The van der Waals surface area contributed by atoms with Crippen molar-refractivity contribution in [1.29, 1.82) is 0 Å². The third-order valence-corrected chi connectivity index (χ3v) is 5.58. The molecule has 0 amide bonds. The van der Waals surface area contributed by atoms with Crippen molar-refractivity contribution in [2.45, 2.75) is 77.6 Å². The van der Waals surface area contributed by atoms with Crippen molar-refractivity contribution >= 4 is 0 Å². The smallest absolute Gasteiger partial charge is 0.0674 e. The van der Waals surface area contributed by atoms with E-state index in [0.717, 1.165) is 25.0 Å². The van der Waals surface area contributed by atoms with Crippen LogP contribution >= 0.6 is 0 Å². The molecule has 118 valence electrons. The third-order valence-electron chi connectivity index (χ3n) is 5.58. The van der Waals surface area contributed by atoms with E-state index in [-0.39, 0.29) is 0 Å². The predicted molar refractivity (Wildman–Crippen MR) is 85.0 cm³/mol. The van der Waals surface area contributed by atoms with Gasteiger partial charge in [-0.1, -0.05) is 20.8 Å². The van der Waals surface area contributed by atoms with E-state index in [4.69, 9.17) is 4.74 Å². The summed E-state index contributed by atoms with van der Waals surface area (Å²) in [6, 6.07) is 1.96. The molecule has 0 aromatic carbocycles. The summed E-state index contributed by atoms with van der Waals surface area (Å²) in [4.78, 5) is 2.77. The zero-order valence-corrected chi connectivity index (χ0v) is 14.1. The Kier molecular flexibility index (Phi) is 5.88. The lowest BCUT2D eigenvalue weighted by Gasteiger charge is -2.49. The molecule has 0 aromatic heterocycles. The van der Waals surface area contributed by atoms with Gasteiger partial charge < -0.3 is 10.1 Å². The van der Waals surface area contributed by atoms with Crippen LogP contribution in [0.2, 0.25) is 0 Å². The first-order valence-corrected chi connectivity index (χ1v) is 8.61. The lowest BCUT2D eigenvalue weighted by Crippen LogP contribution is -2.60. The number of nitrogens with one attached hydrogen (secondary N) is 1. The molecule has 2 fully saturated rings. The molecule has 0 spiro atoms. The summed E-state index contributed by atoms with van der Waals surface area (Å²) < 4.78 is 5.88. The second-order valence-electron chi connectivity index (χ2n) is 7.18. The van der Waals surface area contributed by atoms with E-state index in [1.165, 1.54) is 25.7 Å². The van der Waals surface area contributed by atoms with Crippen LogP contribution in [0.3, 0.4) is 0 Å². The molecule has 1 saturated carbocycles. The summed E-state index contributed by atoms with van der Waals surface area (Å²) in [7, 11) is 2.14. The van der Waals surface area contributed by atoms with Crippen LogP contribution in [-0.4, -0.2) is 49.3 Å². The van der Waals surface area contributed by atoms with Gasteiger partial charge in [-0.05, 0) is 51.5 Å². The van der Waals surface area contributed by atoms with Crippen molar-refractivity contribution in [3.63, 3.8) is 0 Å². The van der Waals surface area contributed by atoms with Crippen LogP contribution in [0.25, 0.3) is 0 Å². The van der Waals surface area contributed by atoms with Crippen molar-refractivity contribution in [2.75, 3.05) is 20.2 Å². The van der Waals surface area contributed by atoms with Gasteiger partial charge in [-0.25, -0.2) is 0 Å². The average Bonchev–Trinajstić information content (AvgIpc) is 2.46. The normalized spacial score (nSPS) is 40.2. The number of nitrogens with zero attached hydrogens (tertiary/aromatic N) is 1. The average molecular weight is 282 g/mol. The molecule has 1 aliphatic carbocycles. The monoisotopic (exact) mass is 282 g/mol. The lowest BCUT2D eigenvalue weighted by atomic mass is 9.76. The van der Waals surface area contributed by atoms with Crippen molar-refractivity contribution in [2.24, 2.45) is 11.8 Å². The predicted octanol–water partition coefficient (Wildman–Crippen LogP) is 2.90. The molecule has 0 aromatic rings. The van der Waals surface area contributed by atoms with Crippen LogP contribution < -0.4 is 5.32 Å². The maximum Gasteiger partial charge on any atom is 0.0674 e. The number of morpholine rings is 1. The summed E-state index contributed by atoms with van der Waals surface area (Å²) in [5.74, 6) is 1.70. The highest BCUT2D eigenvalue weighted by atomic mass is 16.5. The molecule has 1 saturated heterocycles. The summed E-state index contributed by atoms with van der Waals surface area (Å²) in [5.41, 5.74) is 0. The van der Waals surface area contributed by atoms with Crippen LogP contribution in [0.5, 0.6) is 0 Å². The zero-order chi connectivity index (χ0) is 14.7. The van der Waals surface area contributed by atoms with Gasteiger partial charge in [0.15, 0.2) is 0 Å². The number of hydrogen-bond acceptors (Lipinski definition) is 3. The quantitative estimate of drug-likeness (QED) is 0.858. The summed E-state index contributed by atoms with van der Waals surface area (Å²) in [5, 5.41) is 3.59. The minimum absolute atomic E-state index is 0.384. The summed E-state index contributed by atoms with van der Waals surface area (Å²) in [6.45, 7) is 11.3. The molecule has 20 heavy (non-hydrogen) atoms. The SMILES string of the molecule is CCC1COC(C)CN1C1CC(C(C)C)CCC1NC. The van der Waals surface area contributed by atoms with Crippen molar-refractivity contribution < 1.29 is 4.74 Å². The van der Waals surface area contributed by atoms with E-state index in [9.17, 15) is 0 Å². The van der Waals surface area contributed by atoms with Crippen LogP contribution in [0.4, 0.5) is 0 Å². The molecule has 0 bridgehead atoms. The van der Waals surface area contributed by atoms with Crippen LogP contribution in [0.15, 0.2) is 0 Å². The first kappa shape index (κ1) is 16.3. The highest BCUT2D eigenvalue weighted by Crippen LogP contribution is 2.34. The fourth-order valence-corrected chi connectivity index (χ4v) is 4.12. The largest absolute Gasteiger partial charge is 0.376 e. The van der Waals surface area contributed by atoms with Gasteiger partial charge in [-0.2, -0.15) is 0 Å². The van der Waals surface area contributed by atoms with E-state index in [2.05, 4.69) is 45.0 Å². The van der Waals surface area contributed by atoms with Crippen LogP contribution in [0, 0.1) is 11.8 Å². The summed E-state index contributed by atoms with van der Waals surface area (Å²) >= 11 is 0. The fourth-order valence-electron chi connectivity index (χ4n) is 4.12. The molecule has 1 heterocycles. The van der Waals surface area contributed by atoms with Gasteiger partial charge in [0.05, 0.1) is 12.7 Å². The molecule has 2 rings (SSSR count). The van der Waals surface area contributed by atoms with Crippen LogP contribution in [0.1, 0.15) is 53.4 Å². The van der Waals surface area contributed by atoms with Gasteiger partial charge >= 0.3 is 0 Å². The van der Waals surface area contributed by atoms with E-state index < -0.39 is 0 Å². The number of ether oxygens (including phenoxy) is 1. The van der Waals surface area contributed by atoms with Gasteiger partial charge in [0, 0.05) is 24.7 Å². The molecule has 1 N–H and O–H groups in total. The van der Waals surface area contributed by atoms with Crippen molar-refractivity contribution in [3.05, 3.63) is 0 Å². The minimum atomic E-state index is 0.384. The van der Waals surface area contributed by atoms with Gasteiger partial charge in [0.2, 0.25) is 0 Å². The van der Waals surface area contributed by atoms with Gasteiger partial charge in [-0.15, -0.1) is 0 Å². The first-order chi connectivity index (χ1) is 9.56. The molecular formula is C17H34N2O. The second kappa shape index (κ2) is 7.24. The Labute approximate surface area is 125 Å². The Bertz CT molecular complexity index is 295. The Morgan fingerprint density at radius 1 is 1.30 bits per heavy atom. The maximum atomic E-state index is 5.88. The van der Waals surface area contributed by atoms with E-state index >= 15 is 0 Å². The molecule has 1 aliphatic heterocycles. The van der Waals surface area contributed by atoms with Gasteiger partial charge in [-0.3, -0.25) is 4.90 Å². The molecule has 5 unspecified atom stereocenters. The highest BCUT2D eigenvalue weighted by Gasteiger charge is 2.39. The number of likely N-dealkylation sites (N-methyl/N-ethyl adjacent to an activating group) is 1. The van der Waals surface area contributed by atoms with E-state index in [1.54, 1.807) is 0 Å². The minimum Gasteiger partial charge on any atom is -0.376 e. The number of rotatable bonds is 4. The topological polar surface area (TPSA) is 24.5 Å². The Morgan fingerprint density at radius 3 is 2.65 bits per heavy atom. The molecule has 0 radical (unpaired) electrons. The Morgan fingerprint density at radius 2 is 2.05 bits per heavy atom. The van der Waals surface area contributed by atoms with Crippen LogP contribution in [-0.2, 0) is 4.74 Å². The Balaban J connectivity index is 2.11. The van der Waals surface area contributed by atoms with E-state index in [0.29, 0.717) is 24.2 Å².